The largest absolute Gasteiger partial charge is 0.381 e. The SMILES string of the molecule is Cc1cc(F)ccc1S(=O)(=O)NCC1(Sc2ccccc2)CCOCC1. The molecular formula is C19H22FNO3S2. The van der Waals surface area contributed by atoms with Gasteiger partial charge in [-0.2, -0.15) is 0 Å². The summed E-state index contributed by atoms with van der Waals surface area (Å²) in [6.07, 6.45) is 1.52. The predicted octanol–water partition coefficient (Wildman–Crippen LogP) is 3.75. The zero-order valence-electron chi connectivity index (χ0n) is 14.6. The Morgan fingerprint density at radius 3 is 2.50 bits per heavy atom. The monoisotopic (exact) mass is 395 g/mol. The number of halogens is 1. The molecule has 0 atom stereocenters. The second-order valence-electron chi connectivity index (χ2n) is 6.44. The van der Waals surface area contributed by atoms with Gasteiger partial charge in [-0.05, 0) is 55.7 Å². The van der Waals surface area contributed by atoms with Crippen molar-refractivity contribution in [3.05, 3.63) is 59.9 Å². The summed E-state index contributed by atoms with van der Waals surface area (Å²) in [6.45, 7) is 3.12. The molecule has 0 unspecified atom stereocenters. The molecule has 1 saturated heterocycles. The van der Waals surface area contributed by atoms with Crippen LogP contribution in [0.15, 0.2) is 58.3 Å². The van der Waals surface area contributed by atoms with Crippen LogP contribution in [-0.2, 0) is 14.8 Å². The molecule has 0 amide bonds. The van der Waals surface area contributed by atoms with E-state index in [1.165, 1.54) is 18.2 Å². The Bertz CT molecular complexity index is 850. The van der Waals surface area contributed by atoms with E-state index in [1.807, 2.05) is 30.3 Å². The van der Waals surface area contributed by atoms with E-state index in [4.69, 9.17) is 4.74 Å². The first-order valence-corrected chi connectivity index (χ1v) is 10.8. The average Bonchev–Trinajstić information content (AvgIpc) is 2.62. The van der Waals surface area contributed by atoms with Gasteiger partial charge in [-0.1, -0.05) is 18.2 Å². The van der Waals surface area contributed by atoms with Gasteiger partial charge in [0, 0.05) is 29.4 Å². The topological polar surface area (TPSA) is 55.4 Å². The summed E-state index contributed by atoms with van der Waals surface area (Å²) in [6, 6.07) is 13.7. The number of benzene rings is 2. The van der Waals surface area contributed by atoms with E-state index in [9.17, 15) is 12.8 Å². The molecule has 2 aromatic rings. The van der Waals surface area contributed by atoms with E-state index >= 15 is 0 Å². The van der Waals surface area contributed by atoms with Crippen molar-refractivity contribution in [2.75, 3.05) is 19.8 Å². The Kier molecular flexibility index (Phi) is 6.02. The number of ether oxygens (including phenoxy) is 1. The summed E-state index contributed by atoms with van der Waals surface area (Å²) < 4.78 is 46.7. The zero-order chi connectivity index (χ0) is 18.6. The van der Waals surface area contributed by atoms with Gasteiger partial charge in [-0.15, -0.1) is 11.8 Å². The highest BCUT2D eigenvalue weighted by atomic mass is 32.2. The van der Waals surface area contributed by atoms with Crippen molar-refractivity contribution in [1.82, 2.24) is 4.72 Å². The van der Waals surface area contributed by atoms with E-state index in [0.29, 0.717) is 25.3 Å². The maximum Gasteiger partial charge on any atom is 0.240 e. The van der Waals surface area contributed by atoms with Crippen molar-refractivity contribution >= 4 is 21.8 Å². The first kappa shape index (κ1) is 19.4. The second kappa shape index (κ2) is 8.08. The van der Waals surface area contributed by atoms with Crippen LogP contribution in [0.5, 0.6) is 0 Å². The molecule has 26 heavy (non-hydrogen) atoms. The fourth-order valence-electron chi connectivity index (χ4n) is 3.02. The minimum Gasteiger partial charge on any atom is -0.381 e. The van der Waals surface area contributed by atoms with Gasteiger partial charge in [0.05, 0.1) is 4.90 Å². The molecule has 0 aromatic heterocycles. The van der Waals surface area contributed by atoms with Crippen molar-refractivity contribution in [1.29, 1.82) is 0 Å². The standard InChI is InChI=1S/C19H22FNO3S2/c1-15-13-16(20)7-8-18(15)26(22,23)21-14-19(9-11-24-12-10-19)25-17-5-3-2-4-6-17/h2-8,13,21H,9-12,14H2,1H3. The van der Waals surface area contributed by atoms with E-state index in [-0.39, 0.29) is 9.64 Å². The molecule has 1 aliphatic heterocycles. The van der Waals surface area contributed by atoms with Crippen LogP contribution in [0, 0.1) is 12.7 Å². The lowest BCUT2D eigenvalue weighted by Crippen LogP contribution is -2.44. The quantitative estimate of drug-likeness (QED) is 0.809. The number of thioether (sulfide) groups is 1. The molecule has 0 spiro atoms. The van der Waals surface area contributed by atoms with Crippen molar-refractivity contribution in [2.45, 2.75) is 34.3 Å². The van der Waals surface area contributed by atoms with Crippen molar-refractivity contribution in [2.24, 2.45) is 0 Å². The lowest BCUT2D eigenvalue weighted by molar-refractivity contribution is 0.0784. The summed E-state index contributed by atoms with van der Waals surface area (Å²) in [4.78, 5) is 1.22. The van der Waals surface area contributed by atoms with Crippen molar-refractivity contribution in [3.63, 3.8) is 0 Å². The Labute approximate surface area is 158 Å². The van der Waals surface area contributed by atoms with Crippen LogP contribution in [0.2, 0.25) is 0 Å². The van der Waals surface area contributed by atoms with Gasteiger partial charge in [-0.3, -0.25) is 0 Å². The molecular weight excluding hydrogens is 373 g/mol. The molecule has 1 aliphatic rings. The third-order valence-electron chi connectivity index (χ3n) is 4.49. The van der Waals surface area contributed by atoms with Gasteiger partial charge in [0.25, 0.3) is 0 Å². The Hall–Kier alpha value is -1.41. The Morgan fingerprint density at radius 2 is 1.85 bits per heavy atom. The molecule has 1 heterocycles. The lowest BCUT2D eigenvalue weighted by atomic mass is 9.99. The maximum atomic E-state index is 13.3. The number of aryl methyl sites for hydroxylation is 1. The van der Waals surface area contributed by atoms with Crippen LogP contribution in [-0.4, -0.2) is 32.9 Å². The third-order valence-corrected chi connectivity index (χ3v) is 7.55. The van der Waals surface area contributed by atoms with Crippen LogP contribution in [0.3, 0.4) is 0 Å². The summed E-state index contributed by atoms with van der Waals surface area (Å²) in [5.74, 6) is -0.443. The molecule has 1 fully saturated rings. The average molecular weight is 396 g/mol. The highest BCUT2D eigenvalue weighted by Crippen LogP contribution is 2.40. The van der Waals surface area contributed by atoms with E-state index in [2.05, 4.69) is 4.72 Å². The summed E-state index contributed by atoms with van der Waals surface area (Å²) >= 11 is 1.69. The minimum absolute atomic E-state index is 0.117. The summed E-state index contributed by atoms with van der Waals surface area (Å²) in [5.41, 5.74) is 0.397. The molecule has 0 aliphatic carbocycles. The zero-order valence-corrected chi connectivity index (χ0v) is 16.2. The maximum absolute atomic E-state index is 13.3. The minimum atomic E-state index is -3.71. The number of rotatable bonds is 6. The molecule has 3 rings (SSSR count). The van der Waals surface area contributed by atoms with Gasteiger partial charge in [-0.25, -0.2) is 17.5 Å². The van der Waals surface area contributed by atoms with Crippen molar-refractivity contribution < 1.29 is 17.5 Å². The third kappa shape index (κ3) is 4.65. The van der Waals surface area contributed by atoms with E-state index < -0.39 is 15.8 Å². The Balaban J connectivity index is 1.79. The van der Waals surface area contributed by atoms with Crippen LogP contribution < -0.4 is 4.72 Å². The highest BCUT2D eigenvalue weighted by molar-refractivity contribution is 8.00. The highest BCUT2D eigenvalue weighted by Gasteiger charge is 2.35. The van der Waals surface area contributed by atoms with Gasteiger partial charge < -0.3 is 4.74 Å². The summed E-state index contributed by atoms with van der Waals surface area (Å²) in [7, 11) is -3.71. The molecule has 7 heteroatoms. The van der Waals surface area contributed by atoms with Gasteiger partial charge in [0.2, 0.25) is 10.0 Å². The summed E-state index contributed by atoms with van der Waals surface area (Å²) in [5, 5.41) is 0. The Morgan fingerprint density at radius 1 is 1.15 bits per heavy atom. The predicted molar refractivity (Wildman–Crippen MR) is 101 cm³/mol. The smallest absolute Gasteiger partial charge is 0.240 e. The number of nitrogens with one attached hydrogen (secondary N) is 1. The second-order valence-corrected chi connectivity index (χ2v) is 9.72. The molecule has 0 radical (unpaired) electrons. The molecule has 0 saturated carbocycles. The fourth-order valence-corrected chi connectivity index (χ4v) is 5.77. The first-order chi connectivity index (χ1) is 12.4. The first-order valence-electron chi connectivity index (χ1n) is 8.48. The molecule has 4 nitrogen and oxygen atoms in total. The van der Waals surface area contributed by atoms with Crippen LogP contribution in [0.4, 0.5) is 4.39 Å². The van der Waals surface area contributed by atoms with Gasteiger partial charge >= 0.3 is 0 Å². The van der Waals surface area contributed by atoms with Gasteiger partial charge in [0.15, 0.2) is 0 Å². The number of sulfonamides is 1. The fraction of sp³-hybridized carbons (Fsp3) is 0.368. The van der Waals surface area contributed by atoms with Crippen LogP contribution >= 0.6 is 11.8 Å². The molecule has 0 bridgehead atoms. The normalized spacial score (nSPS) is 17.2. The van der Waals surface area contributed by atoms with Crippen LogP contribution in [0.1, 0.15) is 18.4 Å². The van der Waals surface area contributed by atoms with E-state index in [0.717, 1.165) is 17.7 Å². The molecule has 2 aromatic carbocycles. The molecule has 140 valence electrons. The lowest BCUT2D eigenvalue weighted by Gasteiger charge is -2.36. The van der Waals surface area contributed by atoms with Crippen molar-refractivity contribution in [3.8, 4) is 0 Å². The number of hydrogen-bond acceptors (Lipinski definition) is 4. The van der Waals surface area contributed by atoms with E-state index in [1.54, 1.807) is 18.7 Å². The number of hydrogen-bond donors (Lipinski definition) is 1. The molecule has 1 N–H and O–H groups in total. The van der Waals surface area contributed by atoms with Crippen LogP contribution in [0.25, 0.3) is 0 Å². The van der Waals surface area contributed by atoms with Gasteiger partial charge in [0.1, 0.15) is 5.82 Å².